The zero-order valence-corrected chi connectivity index (χ0v) is 12.6. The van der Waals surface area contributed by atoms with E-state index in [0.717, 1.165) is 0 Å². The first-order valence-corrected chi connectivity index (χ1v) is 6.57. The van der Waals surface area contributed by atoms with Crippen LogP contribution in [0, 0.1) is 0 Å². The van der Waals surface area contributed by atoms with Crippen LogP contribution in [-0.4, -0.2) is 25.3 Å². The topological polar surface area (TPSA) is 73.9 Å². The highest BCUT2D eigenvalue weighted by atomic mass is 35.5. The number of ether oxygens (including phenoxy) is 2. The van der Waals surface area contributed by atoms with E-state index in [1.165, 1.54) is 32.2 Å². The molecule has 1 unspecified atom stereocenters. The Kier molecular flexibility index (Phi) is 4.72. The first-order chi connectivity index (χ1) is 9.93. The number of methoxy groups -OCH3 is 1. The third kappa shape index (κ3) is 3.29. The summed E-state index contributed by atoms with van der Waals surface area (Å²) in [5, 5.41) is 0.415. The van der Waals surface area contributed by atoms with Crippen LogP contribution in [-0.2, 0) is 19.1 Å². The van der Waals surface area contributed by atoms with Gasteiger partial charge in [0.2, 0.25) is 6.29 Å². The van der Waals surface area contributed by atoms with E-state index < -0.39 is 18.2 Å². The van der Waals surface area contributed by atoms with Gasteiger partial charge < -0.3 is 9.47 Å². The molecular formula is C13H11Cl2NO5. The molecule has 1 atom stereocenters. The standard InChI is InChI=1S/C13H11Cl2NO5/c1-6(17)20-10-5-9(16-21-10)11-8(14)4-3-7(12(11)15)13(18)19-2/h3-5,10,16H,1-2H3. The van der Waals surface area contributed by atoms with Gasteiger partial charge in [0, 0.05) is 18.6 Å². The molecule has 1 aliphatic heterocycles. The Morgan fingerprint density at radius 3 is 2.67 bits per heavy atom. The predicted molar refractivity (Wildman–Crippen MR) is 75.6 cm³/mol. The summed E-state index contributed by atoms with van der Waals surface area (Å²) in [5.41, 5.74) is 3.47. The molecule has 1 aromatic carbocycles. The Labute approximate surface area is 130 Å². The number of benzene rings is 1. The normalized spacial score (nSPS) is 17.0. The molecule has 21 heavy (non-hydrogen) atoms. The van der Waals surface area contributed by atoms with E-state index in [1.807, 2.05) is 0 Å². The molecule has 112 valence electrons. The summed E-state index contributed by atoms with van der Waals surface area (Å²) in [6.45, 7) is 1.26. The van der Waals surface area contributed by atoms with Crippen LogP contribution in [0.4, 0.5) is 0 Å². The number of esters is 2. The molecule has 0 aliphatic carbocycles. The molecule has 1 N–H and O–H groups in total. The van der Waals surface area contributed by atoms with Crippen molar-refractivity contribution in [2.24, 2.45) is 0 Å². The smallest absolute Gasteiger partial charge is 0.339 e. The number of hydrogen-bond acceptors (Lipinski definition) is 6. The zero-order valence-electron chi connectivity index (χ0n) is 11.1. The molecule has 0 saturated carbocycles. The third-order valence-corrected chi connectivity index (χ3v) is 3.34. The maximum atomic E-state index is 11.6. The second kappa shape index (κ2) is 6.34. The molecule has 0 radical (unpaired) electrons. The number of nitrogens with one attached hydrogen (secondary N) is 1. The summed E-state index contributed by atoms with van der Waals surface area (Å²) in [5.74, 6) is -1.09. The molecular weight excluding hydrogens is 321 g/mol. The van der Waals surface area contributed by atoms with Gasteiger partial charge in [0.15, 0.2) is 0 Å². The van der Waals surface area contributed by atoms with E-state index in [9.17, 15) is 9.59 Å². The van der Waals surface area contributed by atoms with Crippen molar-refractivity contribution < 1.29 is 23.9 Å². The maximum absolute atomic E-state index is 11.6. The van der Waals surface area contributed by atoms with Gasteiger partial charge in [0.05, 0.1) is 28.4 Å². The van der Waals surface area contributed by atoms with Crippen molar-refractivity contribution in [3.8, 4) is 0 Å². The maximum Gasteiger partial charge on any atom is 0.339 e. The number of halogens is 2. The van der Waals surface area contributed by atoms with Gasteiger partial charge in [-0.3, -0.25) is 10.3 Å². The highest BCUT2D eigenvalue weighted by Crippen LogP contribution is 2.35. The Bertz CT molecular complexity index is 629. The van der Waals surface area contributed by atoms with E-state index in [1.54, 1.807) is 0 Å². The molecule has 8 heteroatoms. The molecule has 1 heterocycles. The highest BCUT2D eigenvalue weighted by molar-refractivity contribution is 6.39. The lowest BCUT2D eigenvalue weighted by Crippen LogP contribution is -2.17. The van der Waals surface area contributed by atoms with Crippen LogP contribution in [0.5, 0.6) is 0 Å². The van der Waals surface area contributed by atoms with E-state index >= 15 is 0 Å². The van der Waals surface area contributed by atoms with Crippen molar-refractivity contribution in [3.63, 3.8) is 0 Å². The predicted octanol–water partition coefficient (Wildman–Crippen LogP) is 2.54. The number of carbonyl (C=O) groups is 2. The minimum atomic E-state index is -0.897. The van der Waals surface area contributed by atoms with Crippen LogP contribution < -0.4 is 5.48 Å². The van der Waals surface area contributed by atoms with E-state index in [2.05, 4.69) is 10.2 Å². The monoisotopic (exact) mass is 331 g/mol. The van der Waals surface area contributed by atoms with Gasteiger partial charge in [0.25, 0.3) is 0 Å². The van der Waals surface area contributed by atoms with E-state index in [0.29, 0.717) is 16.3 Å². The Morgan fingerprint density at radius 2 is 2.05 bits per heavy atom. The average molecular weight is 332 g/mol. The molecule has 0 spiro atoms. The second-order valence-corrected chi connectivity index (χ2v) is 4.84. The van der Waals surface area contributed by atoms with Crippen molar-refractivity contribution in [1.29, 1.82) is 0 Å². The van der Waals surface area contributed by atoms with Gasteiger partial charge in [0.1, 0.15) is 0 Å². The van der Waals surface area contributed by atoms with Crippen LogP contribution in [0.15, 0.2) is 18.2 Å². The van der Waals surface area contributed by atoms with E-state index in [4.69, 9.17) is 32.8 Å². The van der Waals surface area contributed by atoms with Gasteiger partial charge >= 0.3 is 11.9 Å². The molecule has 2 rings (SSSR count). The fourth-order valence-electron chi connectivity index (χ4n) is 1.75. The number of hydrogen-bond donors (Lipinski definition) is 1. The lowest BCUT2D eigenvalue weighted by Gasteiger charge is -2.11. The summed E-state index contributed by atoms with van der Waals surface area (Å²) < 4.78 is 9.51. The molecule has 0 fully saturated rings. The number of rotatable bonds is 3. The molecule has 6 nitrogen and oxygen atoms in total. The summed E-state index contributed by atoms with van der Waals surface area (Å²) in [4.78, 5) is 27.6. The fourth-order valence-corrected chi connectivity index (χ4v) is 2.40. The van der Waals surface area contributed by atoms with Crippen molar-refractivity contribution in [3.05, 3.63) is 39.4 Å². The SMILES string of the molecule is COC(=O)c1ccc(Cl)c(C2=CC(OC(C)=O)ON2)c1Cl. The summed E-state index contributed by atoms with van der Waals surface area (Å²) >= 11 is 12.3. The van der Waals surface area contributed by atoms with Crippen LogP contribution >= 0.6 is 23.2 Å². The van der Waals surface area contributed by atoms with Crippen LogP contribution in [0.2, 0.25) is 10.0 Å². The van der Waals surface area contributed by atoms with Crippen LogP contribution in [0.1, 0.15) is 22.8 Å². The molecule has 0 bridgehead atoms. The lowest BCUT2D eigenvalue weighted by molar-refractivity contribution is -0.169. The van der Waals surface area contributed by atoms with Gasteiger partial charge in [-0.05, 0) is 12.1 Å². The molecule has 0 amide bonds. The van der Waals surface area contributed by atoms with Crippen molar-refractivity contribution in [2.75, 3.05) is 7.11 Å². The minimum Gasteiger partial charge on any atom is -0.465 e. The third-order valence-electron chi connectivity index (χ3n) is 2.64. The van der Waals surface area contributed by atoms with Crippen LogP contribution in [0.3, 0.4) is 0 Å². The zero-order chi connectivity index (χ0) is 15.6. The summed E-state index contributed by atoms with van der Waals surface area (Å²) in [6.07, 6.45) is 0.585. The first kappa shape index (κ1) is 15.6. The largest absolute Gasteiger partial charge is 0.465 e. The van der Waals surface area contributed by atoms with E-state index in [-0.39, 0.29) is 10.6 Å². The van der Waals surface area contributed by atoms with Gasteiger partial charge in [-0.2, -0.15) is 0 Å². The number of hydroxylamine groups is 1. The molecule has 0 aromatic heterocycles. The molecule has 0 saturated heterocycles. The summed E-state index contributed by atoms with van der Waals surface area (Å²) in [7, 11) is 1.25. The van der Waals surface area contributed by atoms with Crippen LogP contribution in [0.25, 0.3) is 5.70 Å². The van der Waals surface area contributed by atoms with Gasteiger partial charge in [-0.25, -0.2) is 9.63 Å². The Balaban J connectivity index is 2.40. The van der Waals surface area contributed by atoms with Gasteiger partial charge in [-0.1, -0.05) is 23.2 Å². The van der Waals surface area contributed by atoms with Crippen molar-refractivity contribution >= 4 is 40.8 Å². The lowest BCUT2D eigenvalue weighted by atomic mass is 10.1. The highest BCUT2D eigenvalue weighted by Gasteiger charge is 2.25. The minimum absolute atomic E-state index is 0.111. The van der Waals surface area contributed by atoms with Crippen molar-refractivity contribution in [2.45, 2.75) is 13.2 Å². The number of carbonyl (C=O) groups excluding carboxylic acids is 2. The first-order valence-electron chi connectivity index (χ1n) is 5.81. The molecule has 1 aromatic rings. The van der Waals surface area contributed by atoms with Gasteiger partial charge in [-0.15, -0.1) is 0 Å². The van der Waals surface area contributed by atoms with Crippen molar-refractivity contribution in [1.82, 2.24) is 5.48 Å². The average Bonchev–Trinajstić information content (AvgIpc) is 2.85. The molecule has 1 aliphatic rings. The Hall–Kier alpha value is -1.76. The Morgan fingerprint density at radius 1 is 1.33 bits per heavy atom. The second-order valence-electron chi connectivity index (χ2n) is 4.05. The quantitative estimate of drug-likeness (QED) is 0.858. The summed E-state index contributed by atoms with van der Waals surface area (Å²) in [6, 6.07) is 2.97. The fraction of sp³-hybridized carbons (Fsp3) is 0.231.